The van der Waals surface area contributed by atoms with Crippen LogP contribution in [0.5, 0.6) is 5.88 Å². The second-order valence-corrected chi connectivity index (χ2v) is 8.34. The molecule has 0 bridgehead atoms. The van der Waals surface area contributed by atoms with Crippen molar-refractivity contribution in [3.05, 3.63) is 40.5 Å². The van der Waals surface area contributed by atoms with Crippen molar-refractivity contribution in [3.63, 3.8) is 0 Å². The quantitative estimate of drug-likeness (QED) is 0.829. The maximum Gasteiger partial charge on any atom is 0.333 e. The van der Waals surface area contributed by atoms with Crippen molar-refractivity contribution < 1.29 is 17.9 Å². The van der Waals surface area contributed by atoms with Crippen molar-refractivity contribution in [2.45, 2.75) is 43.6 Å². The van der Waals surface area contributed by atoms with E-state index in [-0.39, 0.29) is 10.9 Å². The molecule has 142 valence electrons. The minimum absolute atomic E-state index is 0.189. The molecule has 1 heterocycles. The number of benzene rings is 1. The molecule has 0 unspecified atom stereocenters. The number of ether oxygens (including phenoxy) is 1. The number of amides is 2. The average molecular weight is 388 g/mol. The third-order valence-electron chi connectivity index (χ3n) is 5.04. The van der Waals surface area contributed by atoms with Gasteiger partial charge in [0.15, 0.2) is 5.03 Å². The molecule has 8 nitrogen and oxygen atoms in total. The Kier molecular flexibility index (Phi) is 4.47. The lowest BCUT2D eigenvalue weighted by atomic mass is 9.99. The molecule has 0 saturated heterocycles. The first-order chi connectivity index (χ1) is 13.0. The van der Waals surface area contributed by atoms with E-state index in [1.54, 1.807) is 0 Å². The van der Waals surface area contributed by atoms with E-state index in [0.29, 0.717) is 0 Å². The Balaban J connectivity index is 1.56. The molecule has 1 aromatic carbocycles. The van der Waals surface area contributed by atoms with Gasteiger partial charge in [-0.05, 0) is 66.8 Å². The van der Waals surface area contributed by atoms with E-state index in [4.69, 9.17) is 4.74 Å². The summed E-state index contributed by atoms with van der Waals surface area (Å²) in [6.45, 7) is 0. The molecule has 27 heavy (non-hydrogen) atoms. The number of hydrogen-bond acceptors (Lipinski definition) is 6. The summed E-state index contributed by atoms with van der Waals surface area (Å²) in [7, 11) is -2.72. The fraction of sp³-hybridized carbons (Fsp3) is 0.389. The maximum atomic E-state index is 12.4. The fourth-order valence-corrected chi connectivity index (χ4v) is 4.64. The van der Waals surface area contributed by atoms with Crippen molar-refractivity contribution in [1.29, 1.82) is 0 Å². The number of aryl methyl sites for hydroxylation is 2. The monoisotopic (exact) mass is 388 g/mol. The van der Waals surface area contributed by atoms with Crippen LogP contribution in [0.4, 0.5) is 10.5 Å². The van der Waals surface area contributed by atoms with Crippen LogP contribution in [0.15, 0.2) is 23.2 Å². The summed E-state index contributed by atoms with van der Waals surface area (Å²) in [6, 6.07) is 4.06. The number of hydrogen-bond donors (Lipinski definition) is 2. The highest BCUT2D eigenvalue weighted by atomic mass is 32.2. The Hall–Kier alpha value is -2.68. The summed E-state index contributed by atoms with van der Waals surface area (Å²) in [5, 5.41) is 9.66. The molecule has 0 aliphatic heterocycles. The van der Waals surface area contributed by atoms with Crippen LogP contribution in [-0.4, -0.2) is 31.8 Å². The maximum absolute atomic E-state index is 12.4. The van der Waals surface area contributed by atoms with E-state index in [2.05, 4.69) is 21.6 Å². The van der Waals surface area contributed by atoms with Crippen molar-refractivity contribution >= 4 is 21.7 Å². The number of nitrogens with zero attached hydrogens (tertiary/aromatic N) is 2. The molecule has 0 saturated carbocycles. The van der Waals surface area contributed by atoms with Gasteiger partial charge in [-0.2, -0.15) is 8.42 Å². The molecule has 0 radical (unpaired) electrons. The molecule has 0 spiro atoms. The van der Waals surface area contributed by atoms with Crippen LogP contribution in [0.1, 0.15) is 35.1 Å². The number of methoxy groups -OCH3 is 1. The number of sulfonamides is 1. The van der Waals surface area contributed by atoms with E-state index in [9.17, 15) is 13.2 Å². The molecule has 0 fully saturated rings. The number of nitrogens with one attached hydrogen (secondary N) is 2. The van der Waals surface area contributed by atoms with Crippen LogP contribution in [-0.2, 0) is 35.7 Å². The highest BCUT2D eigenvalue weighted by Crippen LogP contribution is 2.38. The van der Waals surface area contributed by atoms with Gasteiger partial charge in [0, 0.05) is 11.8 Å². The lowest BCUT2D eigenvalue weighted by Crippen LogP contribution is -2.35. The smallest absolute Gasteiger partial charge is 0.333 e. The highest BCUT2D eigenvalue weighted by Gasteiger charge is 2.26. The lowest BCUT2D eigenvalue weighted by molar-refractivity contribution is 0.256. The van der Waals surface area contributed by atoms with Crippen LogP contribution < -0.4 is 14.8 Å². The van der Waals surface area contributed by atoms with Gasteiger partial charge < -0.3 is 10.1 Å². The van der Waals surface area contributed by atoms with E-state index in [1.807, 2.05) is 4.72 Å². The fourth-order valence-electron chi connectivity index (χ4n) is 3.84. The normalized spacial score (nSPS) is 15.1. The van der Waals surface area contributed by atoms with E-state index in [0.717, 1.165) is 55.3 Å². The molecule has 2 aliphatic rings. The minimum atomic E-state index is -4.12. The Morgan fingerprint density at radius 3 is 2.26 bits per heavy atom. The second kappa shape index (κ2) is 6.80. The van der Waals surface area contributed by atoms with Crippen molar-refractivity contribution in [3.8, 4) is 5.88 Å². The van der Waals surface area contributed by atoms with Crippen molar-refractivity contribution in [1.82, 2.24) is 14.9 Å². The zero-order valence-corrected chi connectivity index (χ0v) is 15.7. The second-order valence-electron chi connectivity index (χ2n) is 6.71. The van der Waals surface area contributed by atoms with Gasteiger partial charge in [0.25, 0.3) is 10.0 Å². The number of anilines is 1. The van der Waals surface area contributed by atoms with Crippen LogP contribution in [0.3, 0.4) is 0 Å². The molecular weight excluding hydrogens is 368 g/mol. The van der Waals surface area contributed by atoms with Crippen molar-refractivity contribution in [2.24, 2.45) is 0 Å². The standard InChI is InChI=1S/C18H20N4O4S/c1-26-15-8-9-16(21-20-15)27(24,25)22-18(23)19-17-13-6-2-4-11(13)10-12-5-3-7-14(12)17/h8-10H,2-7H2,1H3,(H2,19,22,23). The van der Waals surface area contributed by atoms with Crippen LogP contribution in [0.2, 0.25) is 0 Å². The summed E-state index contributed by atoms with van der Waals surface area (Å²) in [5.41, 5.74) is 5.57. The van der Waals surface area contributed by atoms with E-state index >= 15 is 0 Å². The first-order valence-electron chi connectivity index (χ1n) is 8.86. The van der Waals surface area contributed by atoms with Gasteiger partial charge in [-0.1, -0.05) is 6.07 Å². The van der Waals surface area contributed by atoms with Gasteiger partial charge in [0.05, 0.1) is 7.11 Å². The number of fused-ring (bicyclic) bond motifs is 2. The number of carbonyl (C=O) groups excluding carboxylic acids is 1. The van der Waals surface area contributed by atoms with Gasteiger partial charge in [-0.25, -0.2) is 9.52 Å². The molecule has 2 aliphatic carbocycles. The molecule has 2 amide bonds. The third kappa shape index (κ3) is 3.34. The van der Waals surface area contributed by atoms with E-state index < -0.39 is 16.1 Å². The first kappa shape index (κ1) is 17.7. The molecule has 9 heteroatoms. The molecule has 1 aromatic heterocycles. The average Bonchev–Trinajstić information content (AvgIpc) is 3.30. The number of carbonyl (C=O) groups is 1. The zero-order valence-electron chi connectivity index (χ0n) is 14.9. The first-order valence-corrected chi connectivity index (χ1v) is 10.3. The van der Waals surface area contributed by atoms with E-state index in [1.165, 1.54) is 30.4 Å². The zero-order chi connectivity index (χ0) is 19.0. The molecule has 2 N–H and O–H groups in total. The number of urea groups is 1. The third-order valence-corrected chi connectivity index (χ3v) is 6.26. The summed E-state index contributed by atoms with van der Waals surface area (Å²) in [6.07, 6.45) is 5.89. The number of aromatic nitrogens is 2. The van der Waals surface area contributed by atoms with Gasteiger partial charge >= 0.3 is 6.03 Å². The minimum Gasteiger partial charge on any atom is -0.480 e. The predicted octanol–water partition coefficient (Wildman–Crippen LogP) is 1.97. The topological polar surface area (TPSA) is 110 Å². The largest absolute Gasteiger partial charge is 0.480 e. The van der Waals surface area contributed by atoms with Gasteiger partial charge in [0.1, 0.15) is 0 Å². The highest BCUT2D eigenvalue weighted by molar-refractivity contribution is 7.90. The summed E-state index contributed by atoms with van der Waals surface area (Å²) >= 11 is 0. The van der Waals surface area contributed by atoms with Crippen LogP contribution >= 0.6 is 0 Å². The number of rotatable bonds is 4. The van der Waals surface area contributed by atoms with Crippen molar-refractivity contribution in [2.75, 3.05) is 12.4 Å². The Bertz CT molecular complexity index is 971. The predicted molar refractivity (Wildman–Crippen MR) is 98.4 cm³/mol. The Labute approximate surface area is 157 Å². The van der Waals surface area contributed by atoms with Gasteiger partial charge in [-0.15, -0.1) is 10.2 Å². The summed E-state index contributed by atoms with van der Waals surface area (Å²) in [5.74, 6) is 0.189. The lowest BCUT2D eigenvalue weighted by Gasteiger charge is -2.16. The summed E-state index contributed by atoms with van der Waals surface area (Å²) in [4.78, 5) is 12.4. The SMILES string of the molecule is COc1ccc(S(=O)(=O)NC(=O)Nc2c3c(cc4c2CCC4)CCC3)nn1. The summed E-state index contributed by atoms with van der Waals surface area (Å²) < 4.78 is 31.6. The van der Waals surface area contributed by atoms with Crippen LogP contribution in [0.25, 0.3) is 0 Å². The molecule has 0 atom stereocenters. The molecule has 2 aromatic rings. The Morgan fingerprint density at radius 2 is 1.70 bits per heavy atom. The van der Waals surface area contributed by atoms with Gasteiger partial charge in [-0.3, -0.25) is 0 Å². The van der Waals surface area contributed by atoms with Gasteiger partial charge in [0.2, 0.25) is 5.88 Å². The van der Waals surface area contributed by atoms with Crippen LogP contribution in [0, 0.1) is 0 Å². The Morgan fingerprint density at radius 1 is 1.04 bits per heavy atom. The molecule has 4 rings (SSSR count). The molecular formula is C18H20N4O4S.